The molecule has 2 rings (SSSR count). The maximum absolute atomic E-state index is 11.8. The molecule has 9 nitrogen and oxygen atoms in total. The van der Waals surface area contributed by atoms with Crippen molar-refractivity contribution in [2.45, 2.75) is 51.3 Å². The van der Waals surface area contributed by atoms with E-state index in [4.69, 9.17) is 9.26 Å². The summed E-state index contributed by atoms with van der Waals surface area (Å²) in [7, 11) is 0. The number of hydrogen-bond acceptors (Lipinski definition) is 8. The van der Waals surface area contributed by atoms with Crippen molar-refractivity contribution < 1.29 is 23.6 Å². The fourth-order valence-electron chi connectivity index (χ4n) is 2.71. The van der Waals surface area contributed by atoms with Crippen molar-refractivity contribution in [3.63, 3.8) is 0 Å². The Kier molecular flexibility index (Phi) is 7.89. The Labute approximate surface area is 156 Å². The molecule has 2 atom stereocenters. The van der Waals surface area contributed by atoms with Crippen LogP contribution >= 0.6 is 11.8 Å². The average molecular weight is 384 g/mol. The molecule has 0 aromatic carbocycles. The van der Waals surface area contributed by atoms with Gasteiger partial charge in [-0.3, -0.25) is 14.9 Å². The first-order valence-electron chi connectivity index (χ1n) is 8.57. The van der Waals surface area contributed by atoms with Crippen LogP contribution in [0.5, 0.6) is 0 Å². The van der Waals surface area contributed by atoms with Crippen molar-refractivity contribution in [3.05, 3.63) is 11.7 Å². The van der Waals surface area contributed by atoms with Crippen LogP contribution in [0.1, 0.15) is 44.3 Å². The normalized spacial score (nSPS) is 19.6. The number of carbonyl (C=O) groups excluding carboxylic acids is 3. The zero-order valence-corrected chi connectivity index (χ0v) is 15.8. The average Bonchev–Trinajstić information content (AvgIpc) is 3.00. The minimum absolute atomic E-state index is 0.0483. The zero-order valence-electron chi connectivity index (χ0n) is 14.9. The quantitative estimate of drug-likeness (QED) is 0.679. The van der Waals surface area contributed by atoms with Gasteiger partial charge in [0.05, 0.1) is 11.5 Å². The van der Waals surface area contributed by atoms with Gasteiger partial charge in [-0.2, -0.15) is 4.98 Å². The van der Waals surface area contributed by atoms with Gasteiger partial charge in [0.15, 0.2) is 12.4 Å². The number of esters is 1. The fraction of sp³-hybridized carbons (Fsp3) is 0.688. The monoisotopic (exact) mass is 384 g/mol. The van der Waals surface area contributed by atoms with Gasteiger partial charge in [-0.1, -0.05) is 24.9 Å². The number of nitrogens with zero attached hydrogens (tertiary/aromatic N) is 2. The molecule has 1 aromatic rings. The number of carbonyl (C=O) groups is 3. The summed E-state index contributed by atoms with van der Waals surface area (Å²) in [6.45, 7) is 3.27. The molecule has 1 fully saturated rings. The predicted octanol–water partition coefficient (Wildman–Crippen LogP) is 1.56. The summed E-state index contributed by atoms with van der Waals surface area (Å²) in [5, 5.41) is 8.69. The number of nitrogens with one attached hydrogen (secondary N) is 2. The van der Waals surface area contributed by atoms with Crippen molar-refractivity contribution >= 4 is 29.7 Å². The lowest BCUT2D eigenvalue weighted by Gasteiger charge is -2.29. The standard InChI is InChI=1S/C16H24N4O5S/c1-10-5-3-4-6-12(10)18-16(23)19-14(21)7-24-15(22)9-26-8-13-17-11(2)25-20-13/h10,12H,3-9H2,1-2H3,(H2,18,19,21,23). The van der Waals surface area contributed by atoms with Crippen molar-refractivity contribution in [1.82, 2.24) is 20.8 Å². The number of imide groups is 1. The number of aryl methyl sites for hydroxylation is 1. The molecule has 0 radical (unpaired) electrons. The molecule has 144 valence electrons. The molecule has 2 N–H and O–H groups in total. The molecule has 0 bridgehead atoms. The smallest absolute Gasteiger partial charge is 0.321 e. The van der Waals surface area contributed by atoms with Gasteiger partial charge in [0.1, 0.15) is 0 Å². The minimum Gasteiger partial charge on any atom is -0.455 e. The van der Waals surface area contributed by atoms with Crippen LogP contribution in [0, 0.1) is 12.8 Å². The molecule has 26 heavy (non-hydrogen) atoms. The minimum atomic E-state index is -0.655. The van der Waals surface area contributed by atoms with Gasteiger partial charge in [-0.05, 0) is 18.8 Å². The third-order valence-electron chi connectivity index (χ3n) is 4.07. The first-order chi connectivity index (χ1) is 12.4. The van der Waals surface area contributed by atoms with E-state index in [9.17, 15) is 14.4 Å². The van der Waals surface area contributed by atoms with Crippen LogP contribution in [0.25, 0.3) is 0 Å². The third-order valence-corrected chi connectivity index (χ3v) is 4.97. The van der Waals surface area contributed by atoms with Gasteiger partial charge < -0.3 is 14.6 Å². The molecule has 0 aliphatic heterocycles. The van der Waals surface area contributed by atoms with Gasteiger partial charge in [0.25, 0.3) is 5.91 Å². The number of rotatable bonds is 7. The Hall–Kier alpha value is -2.10. The Balaban J connectivity index is 1.58. The molecule has 3 amide bonds. The second kappa shape index (κ2) is 10.1. The number of ether oxygens (including phenoxy) is 1. The summed E-state index contributed by atoms with van der Waals surface area (Å²) in [6, 6.07) is -0.476. The summed E-state index contributed by atoms with van der Waals surface area (Å²) in [6.07, 6.45) is 4.22. The highest BCUT2D eigenvalue weighted by molar-refractivity contribution is 7.99. The van der Waals surface area contributed by atoms with E-state index in [1.54, 1.807) is 6.92 Å². The summed E-state index contributed by atoms with van der Waals surface area (Å²) in [5.74, 6) is 0.590. The Morgan fingerprint density at radius 2 is 2.08 bits per heavy atom. The summed E-state index contributed by atoms with van der Waals surface area (Å²) in [4.78, 5) is 39.1. The lowest BCUT2D eigenvalue weighted by Crippen LogP contribution is -2.48. The Morgan fingerprint density at radius 3 is 2.77 bits per heavy atom. The zero-order chi connectivity index (χ0) is 18.9. The number of amides is 3. The van der Waals surface area contributed by atoms with Crippen molar-refractivity contribution in [2.24, 2.45) is 5.92 Å². The molecule has 1 aliphatic carbocycles. The lowest BCUT2D eigenvalue weighted by atomic mass is 9.86. The summed E-state index contributed by atoms with van der Waals surface area (Å²) < 4.78 is 9.66. The second-order valence-corrected chi connectivity index (χ2v) is 7.26. The van der Waals surface area contributed by atoms with E-state index in [1.165, 1.54) is 18.2 Å². The van der Waals surface area contributed by atoms with Gasteiger partial charge >= 0.3 is 12.0 Å². The van der Waals surface area contributed by atoms with Gasteiger partial charge in [-0.25, -0.2) is 4.79 Å². The van der Waals surface area contributed by atoms with Crippen LogP contribution in [0.3, 0.4) is 0 Å². The molecule has 0 spiro atoms. The number of thioether (sulfide) groups is 1. The van der Waals surface area contributed by atoms with Crippen LogP contribution < -0.4 is 10.6 Å². The highest BCUT2D eigenvalue weighted by Crippen LogP contribution is 2.23. The molecule has 2 unspecified atom stereocenters. The maximum Gasteiger partial charge on any atom is 0.321 e. The van der Waals surface area contributed by atoms with Gasteiger partial charge in [-0.15, -0.1) is 11.8 Å². The van der Waals surface area contributed by atoms with Crippen molar-refractivity contribution in [1.29, 1.82) is 0 Å². The Bertz CT molecular complexity index is 636. The van der Waals surface area contributed by atoms with Crippen LogP contribution in [-0.4, -0.2) is 46.4 Å². The first-order valence-corrected chi connectivity index (χ1v) is 9.72. The number of aromatic nitrogens is 2. The predicted molar refractivity (Wildman–Crippen MR) is 94.3 cm³/mol. The topological polar surface area (TPSA) is 123 Å². The second-order valence-electron chi connectivity index (χ2n) is 6.27. The fourth-order valence-corrected chi connectivity index (χ4v) is 3.36. The van der Waals surface area contributed by atoms with Crippen molar-refractivity contribution in [3.8, 4) is 0 Å². The van der Waals surface area contributed by atoms with E-state index in [0.29, 0.717) is 23.4 Å². The molecule has 1 heterocycles. The summed E-state index contributed by atoms with van der Waals surface area (Å²) >= 11 is 1.25. The SMILES string of the molecule is Cc1nc(CSCC(=O)OCC(=O)NC(=O)NC2CCCCC2C)no1. The molecular formula is C16H24N4O5S. The third kappa shape index (κ3) is 7.03. The summed E-state index contributed by atoms with van der Waals surface area (Å²) in [5.41, 5.74) is 0. The van der Waals surface area contributed by atoms with Crippen molar-refractivity contribution in [2.75, 3.05) is 12.4 Å². The first kappa shape index (κ1) is 20.2. The molecule has 0 saturated heterocycles. The number of hydrogen-bond donors (Lipinski definition) is 2. The molecule has 1 aromatic heterocycles. The number of urea groups is 1. The Morgan fingerprint density at radius 1 is 1.31 bits per heavy atom. The van der Waals surface area contributed by atoms with E-state index in [0.717, 1.165) is 19.3 Å². The highest BCUT2D eigenvalue weighted by atomic mass is 32.2. The molecule has 1 saturated carbocycles. The van der Waals surface area contributed by atoms with Gasteiger partial charge in [0, 0.05) is 13.0 Å². The van der Waals surface area contributed by atoms with E-state index in [-0.39, 0.29) is 11.8 Å². The molecule has 10 heteroatoms. The van der Waals surface area contributed by atoms with E-state index in [1.807, 2.05) is 0 Å². The highest BCUT2D eigenvalue weighted by Gasteiger charge is 2.23. The van der Waals surface area contributed by atoms with Crippen LogP contribution in [0.4, 0.5) is 4.79 Å². The van der Waals surface area contributed by atoms with E-state index < -0.39 is 24.5 Å². The van der Waals surface area contributed by atoms with Gasteiger partial charge in [0.2, 0.25) is 5.89 Å². The molecular weight excluding hydrogens is 360 g/mol. The lowest BCUT2D eigenvalue weighted by molar-refractivity contribution is -0.145. The van der Waals surface area contributed by atoms with E-state index in [2.05, 4.69) is 27.7 Å². The van der Waals surface area contributed by atoms with Crippen LogP contribution in [0.2, 0.25) is 0 Å². The van der Waals surface area contributed by atoms with E-state index >= 15 is 0 Å². The molecule has 1 aliphatic rings. The largest absolute Gasteiger partial charge is 0.455 e. The van der Waals surface area contributed by atoms with Crippen LogP contribution in [-0.2, 0) is 20.1 Å². The maximum atomic E-state index is 11.8. The van der Waals surface area contributed by atoms with Crippen LogP contribution in [0.15, 0.2) is 4.52 Å².